The van der Waals surface area contributed by atoms with E-state index in [2.05, 4.69) is 274 Å². The number of para-hydroxylation sites is 1. The Bertz CT molecular complexity index is 3640. The Morgan fingerprint density at radius 2 is 0.882 bits per heavy atom. The average molecular weight is 870 g/mol. The molecule has 0 spiro atoms. The topological polar surface area (TPSA) is 3.24 Å². The smallest absolute Gasteiger partial charge is 0.0540 e. The molecule has 68 heavy (non-hydrogen) atoms. The SMILES string of the molecule is C[C@H]1c2ccccc2C(C)(C)c2c(-c3cccc(N(c4ccc(-c5ccc(-c6cccc7ccccc67)cc5)cc4)c4ccccc4-c4cccc5cccc(-c6ccccc6)c45)c3)cccc21. The number of rotatable bonds is 8. The van der Waals surface area contributed by atoms with E-state index in [0.717, 1.165) is 17.1 Å². The van der Waals surface area contributed by atoms with Gasteiger partial charge in [0.1, 0.15) is 0 Å². The predicted octanol–water partition coefficient (Wildman–Crippen LogP) is 18.6. The largest absolute Gasteiger partial charge is 0.310 e. The monoisotopic (exact) mass is 869 g/mol. The van der Waals surface area contributed by atoms with Crippen LogP contribution in [0.4, 0.5) is 17.1 Å². The van der Waals surface area contributed by atoms with Crippen LogP contribution in [0.2, 0.25) is 0 Å². The molecule has 1 aliphatic carbocycles. The second-order valence-electron chi connectivity index (χ2n) is 18.8. The molecule has 0 unspecified atom stereocenters. The van der Waals surface area contributed by atoms with E-state index < -0.39 is 0 Å². The highest BCUT2D eigenvalue weighted by molar-refractivity contribution is 6.09. The first-order valence-electron chi connectivity index (χ1n) is 23.9. The van der Waals surface area contributed by atoms with Crippen LogP contribution in [-0.4, -0.2) is 0 Å². The maximum atomic E-state index is 2.47. The summed E-state index contributed by atoms with van der Waals surface area (Å²) in [5, 5.41) is 4.99. The Kier molecular flexibility index (Phi) is 10.2. The van der Waals surface area contributed by atoms with E-state index in [-0.39, 0.29) is 5.41 Å². The molecule has 0 fully saturated rings. The van der Waals surface area contributed by atoms with Crippen molar-refractivity contribution in [2.24, 2.45) is 0 Å². The molecular weight excluding hydrogens is 819 g/mol. The van der Waals surface area contributed by atoms with Gasteiger partial charge in [-0.1, -0.05) is 239 Å². The van der Waals surface area contributed by atoms with Gasteiger partial charge in [0.05, 0.1) is 5.69 Å². The molecule has 12 rings (SSSR count). The van der Waals surface area contributed by atoms with Crippen LogP contribution in [0.15, 0.2) is 249 Å². The van der Waals surface area contributed by atoms with Crippen molar-refractivity contribution in [1.82, 2.24) is 0 Å². The van der Waals surface area contributed by atoms with Crippen LogP contribution in [0, 0.1) is 0 Å². The molecule has 0 radical (unpaired) electrons. The minimum Gasteiger partial charge on any atom is -0.310 e. The molecule has 0 N–H and O–H groups in total. The van der Waals surface area contributed by atoms with Gasteiger partial charge >= 0.3 is 0 Å². The molecule has 0 amide bonds. The number of hydrogen-bond donors (Lipinski definition) is 0. The normalized spacial score (nSPS) is 13.8. The van der Waals surface area contributed by atoms with Crippen molar-refractivity contribution in [2.45, 2.75) is 32.1 Å². The Hall–Kier alpha value is -8.26. The van der Waals surface area contributed by atoms with E-state index >= 15 is 0 Å². The van der Waals surface area contributed by atoms with Gasteiger partial charge in [-0.05, 0) is 124 Å². The third kappa shape index (κ3) is 7.02. The van der Waals surface area contributed by atoms with Crippen LogP contribution in [0.25, 0.3) is 77.2 Å². The fraction of sp³-hybridized carbons (Fsp3) is 0.0746. The van der Waals surface area contributed by atoms with Gasteiger partial charge in [0.2, 0.25) is 0 Å². The lowest BCUT2D eigenvalue weighted by atomic mass is 9.64. The molecule has 1 aliphatic rings. The lowest BCUT2D eigenvalue weighted by Crippen LogP contribution is -2.29. The van der Waals surface area contributed by atoms with Crippen LogP contribution < -0.4 is 4.90 Å². The highest BCUT2D eigenvalue weighted by Gasteiger charge is 2.37. The summed E-state index contributed by atoms with van der Waals surface area (Å²) in [4.78, 5) is 2.47. The fourth-order valence-corrected chi connectivity index (χ4v) is 11.3. The van der Waals surface area contributed by atoms with Crippen LogP contribution in [0.5, 0.6) is 0 Å². The van der Waals surface area contributed by atoms with E-state index in [1.165, 1.54) is 99.4 Å². The molecule has 0 aliphatic heterocycles. The van der Waals surface area contributed by atoms with Gasteiger partial charge in [-0.25, -0.2) is 0 Å². The highest BCUT2D eigenvalue weighted by atomic mass is 15.1. The third-order valence-corrected chi connectivity index (χ3v) is 14.6. The molecule has 324 valence electrons. The van der Waals surface area contributed by atoms with E-state index in [1.807, 2.05) is 0 Å². The van der Waals surface area contributed by atoms with Crippen molar-refractivity contribution >= 4 is 38.6 Å². The van der Waals surface area contributed by atoms with E-state index in [1.54, 1.807) is 0 Å². The number of hydrogen-bond acceptors (Lipinski definition) is 1. The van der Waals surface area contributed by atoms with Gasteiger partial charge in [-0.3, -0.25) is 0 Å². The van der Waals surface area contributed by atoms with Crippen molar-refractivity contribution in [3.05, 3.63) is 271 Å². The lowest BCUT2D eigenvalue weighted by Gasteiger charge is -2.40. The second-order valence-corrected chi connectivity index (χ2v) is 18.8. The van der Waals surface area contributed by atoms with E-state index in [9.17, 15) is 0 Å². The van der Waals surface area contributed by atoms with Gasteiger partial charge in [0.15, 0.2) is 0 Å². The zero-order valence-corrected chi connectivity index (χ0v) is 38.7. The van der Waals surface area contributed by atoms with Crippen molar-refractivity contribution < 1.29 is 0 Å². The molecule has 1 heteroatoms. The highest BCUT2D eigenvalue weighted by Crippen LogP contribution is 2.51. The Balaban J connectivity index is 1.01. The number of fused-ring (bicyclic) bond motifs is 4. The zero-order chi connectivity index (χ0) is 45.8. The van der Waals surface area contributed by atoms with Gasteiger partial charge in [-0.15, -0.1) is 0 Å². The lowest BCUT2D eigenvalue weighted by molar-refractivity contribution is 0.593. The van der Waals surface area contributed by atoms with Gasteiger partial charge in [0, 0.05) is 28.3 Å². The summed E-state index contributed by atoms with van der Waals surface area (Å²) >= 11 is 0. The molecule has 0 bridgehead atoms. The van der Waals surface area contributed by atoms with Crippen molar-refractivity contribution in [3.63, 3.8) is 0 Å². The summed E-state index contributed by atoms with van der Waals surface area (Å²) in [5.74, 6) is 0.301. The third-order valence-electron chi connectivity index (χ3n) is 14.6. The fourth-order valence-electron chi connectivity index (χ4n) is 11.3. The summed E-state index contributed by atoms with van der Waals surface area (Å²) in [6, 6.07) is 91.7. The van der Waals surface area contributed by atoms with Crippen molar-refractivity contribution in [2.75, 3.05) is 4.90 Å². The van der Waals surface area contributed by atoms with Crippen LogP contribution in [-0.2, 0) is 5.41 Å². The minimum absolute atomic E-state index is 0.176. The summed E-state index contributed by atoms with van der Waals surface area (Å²) in [6.07, 6.45) is 0. The molecule has 0 saturated heterocycles. The molecule has 1 atom stereocenters. The molecular formula is C67H51N. The minimum atomic E-state index is -0.176. The second kappa shape index (κ2) is 16.9. The summed E-state index contributed by atoms with van der Waals surface area (Å²) in [7, 11) is 0. The first kappa shape index (κ1) is 41.2. The average Bonchev–Trinajstić information content (AvgIpc) is 3.40. The van der Waals surface area contributed by atoms with Crippen LogP contribution in [0.3, 0.4) is 0 Å². The Morgan fingerprint density at radius 3 is 1.69 bits per heavy atom. The maximum absolute atomic E-state index is 2.47. The Labute approximate surface area is 400 Å². The van der Waals surface area contributed by atoms with Gasteiger partial charge < -0.3 is 4.90 Å². The Morgan fingerprint density at radius 1 is 0.353 bits per heavy atom. The summed E-state index contributed by atoms with van der Waals surface area (Å²) in [6.45, 7) is 7.17. The first-order valence-corrected chi connectivity index (χ1v) is 23.9. The predicted molar refractivity (Wildman–Crippen MR) is 289 cm³/mol. The van der Waals surface area contributed by atoms with Crippen molar-refractivity contribution in [3.8, 4) is 55.6 Å². The van der Waals surface area contributed by atoms with E-state index in [4.69, 9.17) is 0 Å². The standard InChI is InChI=1S/C67H51N/c1-45-55-26-9-11-34-63(55)67(2,3)66-56(45)29-17-32-60(66)52-24-13-25-54(44-52)68(53-42-40-47(41-43-53)46-36-38-50(39-37-46)58-30-14-21-48-20-7-8-27-57(48)58)64-35-12-10-28-61(64)62-33-16-23-51-22-15-31-59(65(51)62)49-18-5-4-6-19-49/h4-45H,1-3H3/t45-/m0/s1. The van der Waals surface area contributed by atoms with Crippen LogP contribution in [0.1, 0.15) is 48.9 Å². The van der Waals surface area contributed by atoms with Gasteiger partial charge in [-0.2, -0.15) is 0 Å². The first-order chi connectivity index (χ1) is 33.4. The quantitative estimate of drug-likeness (QED) is 0.147. The van der Waals surface area contributed by atoms with E-state index in [0.29, 0.717) is 5.92 Å². The number of nitrogens with zero attached hydrogens (tertiary/aromatic N) is 1. The molecule has 0 heterocycles. The molecule has 11 aromatic rings. The number of benzene rings is 11. The van der Waals surface area contributed by atoms with Crippen LogP contribution >= 0.6 is 0 Å². The molecule has 11 aromatic carbocycles. The number of anilines is 3. The zero-order valence-electron chi connectivity index (χ0n) is 38.7. The molecule has 1 nitrogen and oxygen atoms in total. The summed E-state index contributed by atoms with van der Waals surface area (Å²) in [5.41, 5.74) is 20.9. The summed E-state index contributed by atoms with van der Waals surface area (Å²) < 4.78 is 0. The van der Waals surface area contributed by atoms with Crippen molar-refractivity contribution in [1.29, 1.82) is 0 Å². The maximum Gasteiger partial charge on any atom is 0.0540 e. The molecule has 0 saturated carbocycles. The van der Waals surface area contributed by atoms with Gasteiger partial charge in [0.25, 0.3) is 0 Å². The molecule has 0 aromatic heterocycles.